The van der Waals surface area contributed by atoms with E-state index in [0.717, 1.165) is 10.4 Å². The number of hydrogen-bond donors (Lipinski definition) is 0. The SMILES string of the molecule is O=C(c1ccc(-c2ccc(F)cc2)s1)N1CCN(S(=O)(=O)c2ccccc2)CC1. The second-order valence-electron chi connectivity index (χ2n) is 6.68. The molecule has 1 amide bonds. The van der Waals surface area contributed by atoms with Crippen LogP contribution in [-0.4, -0.2) is 49.7 Å². The van der Waals surface area contributed by atoms with Crippen molar-refractivity contribution in [3.05, 3.63) is 77.4 Å². The molecule has 2 heterocycles. The molecule has 0 bridgehead atoms. The maximum atomic E-state index is 13.1. The Balaban J connectivity index is 1.43. The summed E-state index contributed by atoms with van der Waals surface area (Å²) < 4.78 is 40.0. The van der Waals surface area contributed by atoms with E-state index in [4.69, 9.17) is 0 Å². The Morgan fingerprint density at radius 3 is 2.17 bits per heavy atom. The lowest BCUT2D eigenvalue weighted by atomic mass is 10.2. The van der Waals surface area contributed by atoms with Gasteiger partial charge < -0.3 is 4.90 Å². The normalized spacial score (nSPS) is 15.4. The fourth-order valence-electron chi connectivity index (χ4n) is 3.25. The van der Waals surface area contributed by atoms with Gasteiger partial charge in [0.2, 0.25) is 10.0 Å². The first-order chi connectivity index (χ1) is 13.9. The van der Waals surface area contributed by atoms with Gasteiger partial charge in [0.25, 0.3) is 5.91 Å². The highest BCUT2D eigenvalue weighted by Crippen LogP contribution is 2.29. The highest BCUT2D eigenvalue weighted by molar-refractivity contribution is 7.89. The van der Waals surface area contributed by atoms with Gasteiger partial charge in [-0.2, -0.15) is 4.31 Å². The number of thiophene rings is 1. The minimum atomic E-state index is -3.54. The molecule has 0 spiro atoms. The summed E-state index contributed by atoms with van der Waals surface area (Å²) in [6, 6.07) is 18.1. The first kappa shape index (κ1) is 19.8. The fraction of sp³-hybridized carbons (Fsp3) is 0.190. The minimum absolute atomic E-state index is 0.111. The maximum Gasteiger partial charge on any atom is 0.264 e. The number of hydrogen-bond acceptors (Lipinski definition) is 4. The molecule has 4 rings (SSSR count). The van der Waals surface area contributed by atoms with Gasteiger partial charge in [-0.1, -0.05) is 30.3 Å². The van der Waals surface area contributed by atoms with Gasteiger partial charge in [0, 0.05) is 31.1 Å². The van der Waals surface area contributed by atoms with Crippen molar-refractivity contribution in [2.24, 2.45) is 0 Å². The molecule has 3 aromatic rings. The number of piperazine rings is 1. The first-order valence-electron chi connectivity index (χ1n) is 9.15. The van der Waals surface area contributed by atoms with E-state index >= 15 is 0 Å². The smallest absolute Gasteiger partial charge is 0.264 e. The van der Waals surface area contributed by atoms with Crippen LogP contribution in [0.4, 0.5) is 4.39 Å². The van der Waals surface area contributed by atoms with E-state index in [1.165, 1.54) is 27.8 Å². The summed E-state index contributed by atoms with van der Waals surface area (Å²) >= 11 is 1.35. The van der Waals surface area contributed by atoms with Crippen molar-refractivity contribution in [1.29, 1.82) is 0 Å². The second kappa shape index (κ2) is 8.06. The van der Waals surface area contributed by atoms with E-state index in [2.05, 4.69) is 0 Å². The van der Waals surface area contributed by atoms with Crippen molar-refractivity contribution in [1.82, 2.24) is 9.21 Å². The average Bonchev–Trinajstić information content (AvgIpc) is 3.25. The Hall–Kier alpha value is -2.55. The maximum absolute atomic E-state index is 13.1. The number of carbonyl (C=O) groups is 1. The predicted molar refractivity (Wildman–Crippen MR) is 111 cm³/mol. The molecule has 150 valence electrons. The van der Waals surface area contributed by atoms with Crippen molar-refractivity contribution < 1.29 is 17.6 Å². The van der Waals surface area contributed by atoms with Gasteiger partial charge in [0.15, 0.2) is 0 Å². The summed E-state index contributed by atoms with van der Waals surface area (Å²) in [6.07, 6.45) is 0. The van der Waals surface area contributed by atoms with Crippen LogP contribution in [0.3, 0.4) is 0 Å². The highest BCUT2D eigenvalue weighted by atomic mass is 32.2. The molecule has 29 heavy (non-hydrogen) atoms. The van der Waals surface area contributed by atoms with Crippen LogP contribution in [0.15, 0.2) is 71.6 Å². The quantitative estimate of drug-likeness (QED) is 0.634. The van der Waals surface area contributed by atoms with E-state index < -0.39 is 10.0 Å². The van der Waals surface area contributed by atoms with Crippen LogP contribution in [0, 0.1) is 5.82 Å². The first-order valence-corrected chi connectivity index (χ1v) is 11.4. The molecule has 8 heteroatoms. The molecule has 1 aliphatic rings. The van der Waals surface area contributed by atoms with Crippen LogP contribution < -0.4 is 0 Å². The van der Waals surface area contributed by atoms with E-state index in [1.54, 1.807) is 53.4 Å². The van der Waals surface area contributed by atoms with Crippen molar-refractivity contribution in [2.45, 2.75) is 4.90 Å². The third-order valence-corrected chi connectivity index (χ3v) is 7.89. The molecule has 0 saturated carbocycles. The summed E-state index contributed by atoms with van der Waals surface area (Å²) in [6.45, 7) is 1.21. The Bertz CT molecular complexity index is 1100. The van der Waals surface area contributed by atoms with E-state index in [-0.39, 0.29) is 29.7 Å². The lowest BCUT2D eigenvalue weighted by molar-refractivity contribution is 0.0703. The number of amides is 1. The van der Waals surface area contributed by atoms with Crippen LogP contribution in [0.5, 0.6) is 0 Å². The molecule has 2 aromatic carbocycles. The minimum Gasteiger partial charge on any atom is -0.335 e. The standard InChI is InChI=1S/C21H19FN2O3S2/c22-17-8-6-16(7-9-17)19-10-11-20(28-19)21(25)23-12-14-24(15-13-23)29(26,27)18-4-2-1-3-5-18/h1-11H,12-15H2. The Morgan fingerprint density at radius 2 is 1.52 bits per heavy atom. The number of benzene rings is 2. The lowest BCUT2D eigenvalue weighted by Gasteiger charge is -2.33. The molecule has 0 atom stereocenters. The van der Waals surface area contributed by atoms with Crippen LogP contribution in [0.1, 0.15) is 9.67 Å². The van der Waals surface area contributed by atoms with Gasteiger partial charge in [-0.25, -0.2) is 12.8 Å². The number of nitrogens with zero attached hydrogens (tertiary/aromatic N) is 2. The Labute approximate surface area is 173 Å². The van der Waals surface area contributed by atoms with Crippen LogP contribution >= 0.6 is 11.3 Å². The van der Waals surface area contributed by atoms with Gasteiger partial charge >= 0.3 is 0 Å². The molecular formula is C21H19FN2O3S2. The van der Waals surface area contributed by atoms with Crippen LogP contribution in [0.25, 0.3) is 10.4 Å². The zero-order valence-corrected chi connectivity index (χ0v) is 17.1. The molecule has 1 fully saturated rings. The molecule has 1 saturated heterocycles. The molecule has 0 unspecified atom stereocenters. The summed E-state index contributed by atoms with van der Waals surface area (Å²) in [5, 5.41) is 0. The molecule has 1 aliphatic heterocycles. The van der Waals surface area contributed by atoms with E-state index in [1.807, 2.05) is 6.07 Å². The third kappa shape index (κ3) is 4.10. The number of rotatable bonds is 4. The van der Waals surface area contributed by atoms with Gasteiger partial charge in [-0.05, 0) is 42.0 Å². The van der Waals surface area contributed by atoms with Gasteiger partial charge in [0.05, 0.1) is 9.77 Å². The van der Waals surface area contributed by atoms with Crippen molar-refractivity contribution in [2.75, 3.05) is 26.2 Å². The van der Waals surface area contributed by atoms with Crippen LogP contribution in [0.2, 0.25) is 0 Å². The zero-order chi connectivity index (χ0) is 20.4. The fourth-order valence-corrected chi connectivity index (χ4v) is 5.67. The lowest BCUT2D eigenvalue weighted by Crippen LogP contribution is -2.50. The predicted octanol–water partition coefficient (Wildman–Crippen LogP) is 3.70. The molecule has 0 radical (unpaired) electrons. The summed E-state index contributed by atoms with van der Waals surface area (Å²) in [5.74, 6) is -0.412. The average molecular weight is 431 g/mol. The van der Waals surface area contributed by atoms with Crippen molar-refractivity contribution >= 4 is 27.3 Å². The molecule has 1 aromatic heterocycles. The summed E-state index contributed by atoms with van der Waals surface area (Å²) in [4.78, 5) is 16.3. The number of halogens is 1. The topological polar surface area (TPSA) is 57.7 Å². The van der Waals surface area contributed by atoms with Gasteiger partial charge in [-0.15, -0.1) is 11.3 Å². The second-order valence-corrected chi connectivity index (χ2v) is 9.70. The van der Waals surface area contributed by atoms with Crippen molar-refractivity contribution in [3.63, 3.8) is 0 Å². The number of carbonyl (C=O) groups excluding carboxylic acids is 1. The largest absolute Gasteiger partial charge is 0.335 e. The summed E-state index contributed by atoms with van der Waals surface area (Å²) in [5.41, 5.74) is 0.856. The molecule has 0 N–H and O–H groups in total. The van der Waals surface area contributed by atoms with Crippen molar-refractivity contribution in [3.8, 4) is 10.4 Å². The molecule has 0 aliphatic carbocycles. The summed E-state index contributed by atoms with van der Waals surface area (Å²) in [7, 11) is -3.54. The molecular weight excluding hydrogens is 411 g/mol. The highest BCUT2D eigenvalue weighted by Gasteiger charge is 2.30. The van der Waals surface area contributed by atoms with E-state index in [9.17, 15) is 17.6 Å². The number of sulfonamides is 1. The van der Waals surface area contributed by atoms with E-state index in [0.29, 0.717) is 18.0 Å². The zero-order valence-electron chi connectivity index (χ0n) is 15.5. The molecule has 5 nitrogen and oxygen atoms in total. The van der Waals surface area contributed by atoms with Crippen LogP contribution in [-0.2, 0) is 10.0 Å². The van der Waals surface area contributed by atoms with Gasteiger partial charge in [0.1, 0.15) is 5.82 Å². The Morgan fingerprint density at radius 1 is 0.862 bits per heavy atom. The van der Waals surface area contributed by atoms with Gasteiger partial charge in [-0.3, -0.25) is 4.79 Å². The third-order valence-electron chi connectivity index (χ3n) is 4.85. The monoisotopic (exact) mass is 430 g/mol. The Kier molecular flexibility index (Phi) is 5.49.